The monoisotopic (exact) mass is 316 g/mol. The smallest absolute Gasteiger partial charge is 0.326 e. The van der Waals surface area contributed by atoms with Gasteiger partial charge in [0.15, 0.2) is 5.75 Å². The summed E-state index contributed by atoms with van der Waals surface area (Å²) in [4.78, 5) is 28.3. The normalized spacial score (nSPS) is 12.2. The maximum Gasteiger partial charge on any atom is 0.326 e. The Labute approximate surface area is 134 Å². The Balaban J connectivity index is 2.41. The first-order valence-electron chi connectivity index (χ1n) is 7.39. The highest BCUT2D eigenvalue weighted by Gasteiger charge is 2.24. The number of carboxylic acid groups (broad SMARTS) is 1. The van der Waals surface area contributed by atoms with E-state index in [-0.39, 0.29) is 5.92 Å². The largest absolute Gasteiger partial charge is 0.494 e. The van der Waals surface area contributed by atoms with Gasteiger partial charge in [-0.1, -0.05) is 32.0 Å². The minimum Gasteiger partial charge on any atom is -0.494 e. The highest BCUT2D eigenvalue weighted by Crippen LogP contribution is 2.26. The van der Waals surface area contributed by atoms with Gasteiger partial charge in [0, 0.05) is 5.39 Å². The Hall–Kier alpha value is -2.63. The lowest BCUT2D eigenvalue weighted by atomic mass is 10.0. The Bertz CT molecular complexity index is 728. The van der Waals surface area contributed by atoms with Crippen molar-refractivity contribution in [3.05, 3.63) is 36.0 Å². The zero-order valence-corrected chi connectivity index (χ0v) is 13.4. The highest BCUT2D eigenvalue weighted by molar-refractivity contribution is 6.09. The molecular weight excluding hydrogens is 296 g/mol. The summed E-state index contributed by atoms with van der Waals surface area (Å²) in [6, 6.07) is 6.22. The molecule has 0 radical (unpaired) electrons. The molecule has 2 N–H and O–H groups in total. The topological polar surface area (TPSA) is 88.5 Å². The third kappa shape index (κ3) is 3.77. The van der Waals surface area contributed by atoms with E-state index in [1.807, 2.05) is 19.9 Å². The molecule has 0 saturated carbocycles. The molecule has 1 atom stereocenters. The molecule has 6 nitrogen and oxygen atoms in total. The highest BCUT2D eigenvalue weighted by atomic mass is 16.5. The standard InChI is InChI=1S/C17H20N2O4/c1-10(2)8-13(17(21)22)19-16(20)15-11-6-4-5-7-12(11)18-9-14(15)23-3/h4-7,9-10,13H,8H2,1-3H3,(H,19,20)(H,21,22)/t13-/m1/s1. The van der Waals surface area contributed by atoms with Crippen LogP contribution in [0, 0.1) is 5.92 Å². The van der Waals surface area contributed by atoms with Crippen LogP contribution in [0.2, 0.25) is 0 Å². The lowest BCUT2D eigenvalue weighted by molar-refractivity contribution is -0.139. The molecule has 1 amide bonds. The zero-order chi connectivity index (χ0) is 17.0. The Kier molecular flexibility index (Phi) is 5.16. The Morgan fingerprint density at radius 2 is 2.00 bits per heavy atom. The number of rotatable bonds is 6. The molecule has 1 aromatic heterocycles. The zero-order valence-electron chi connectivity index (χ0n) is 13.4. The first-order valence-corrected chi connectivity index (χ1v) is 7.39. The molecule has 122 valence electrons. The quantitative estimate of drug-likeness (QED) is 0.854. The first kappa shape index (κ1) is 16.7. The number of nitrogens with one attached hydrogen (secondary N) is 1. The molecule has 0 aliphatic heterocycles. The predicted molar refractivity (Wildman–Crippen MR) is 86.6 cm³/mol. The van der Waals surface area contributed by atoms with Gasteiger partial charge in [-0.25, -0.2) is 4.79 Å². The summed E-state index contributed by atoms with van der Waals surface area (Å²) >= 11 is 0. The number of hydrogen-bond donors (Lipinski definition) is 2. The predicted octanol–water partition coefficient (Wildman–Crippen LogP) is 2.47. The van der Waals surface area contributed by atoms with E-state index in [1.54, 1.807) is 18.2 Å². The molecule has 2 aromatic rings. The Morgan fingerprint density at radius 1 is 1.30 bits per heavy atom. The number of fused-ring (bicyclic) bond motifs is 1. The van der Waals surface area contributed by atoms with Gasteiger partial charge >= 0.3 is 5.97 Å². The molecule has 0 unspecified atom stereocenters. The van der Waals surface area contributed by atoms with Gasteiger partial charge in [0.1, 0.15) is 6.04 Å². The van der Waals surface area contributed by atoms with E-state index in [9.17, 15) is 14.7 Å². The van der Waals surface area contributed by atoms with Crippen LogP contribution in [0.3, 0.4) is 0 Å². The van der Waals surface area contributed by atoms with Crippen LogP contribution in [0.4, 0.5) is 0 Å². The molecule has 2 rings (SSSR count). The summed E-state index contributed by atoms with van der Waals surface area (Å²) in [6.45, 7) is 3.81. The molecular formula is C17H20N2O4. The minimum atomic E-state index is -1.05. The molecule has 6 heteroatoms. The first-order chi connectivity index (χ1) is 10.9. The SMILES string of the molecule is COc1cnc2ccccc2c1C(=O)N[C@H](CC(C)C)C(=O)O. The third-order valence-electron chi connectivity index (χ3n) is 3.50. The number of aromatic nitrogens is 1. The van der Waals surface area contributed by atoms with Crippen molar-refractivity contribution in [3.8, 4) is 5.75 Å². The average Bonchev–Trinajstić information content (AvgIpc) is 2.52. The molecule has 0 saturated heterocycles. The molecule has 0 spiro atoms. The van der Waals surface area contributed by atoms with E-state index < -0.39 is 17.9 Å². The lowest BCUT2D eigenvalue weighted by Gasteiger charge is -2.18. The number of nitrogens with zero attached hydrogens (tertiary/aromatic N) is 1. The number of carbonyl (C=O) groups excluding carboxylic acids is 1. The lowest BCUT2D eigenvalue weighted by Crippen LogP contribution is -2.41. The molecule has 1 aromatic carbocycles. The molecule has 1 heterocycles. The van der Waals surface area contributed by atoms with E-state index in [4.69, 9.17) is 4.74 Å². The van der Waals surface area contributed by atoms with E-state index >= 15 is 0 Å². The second kappa shape index (κ2) is 7.09. The maximum absolute atomic E-state index is 12.7. The van der Waals surface area contributed by atoms with Crippen molar-refractivity contribution in [1.29, 1.82) is 0 Å². The van der Waals surface area contributed by atoms with Crippen LogP contribution in [-0.4, -0.2) is 35.1 Å². The number of pyridine rings is 1. The van der Waals surface area contributed by atoms with Gasteiger partial charge in [0.2, 0.25) is 0 Å². The number of aliphatic carboxylic acids is 1. The van der Waals surface area contributed by atoms with Crippen molar-refractivity contribution in [1.82, 2.24) is 10.3 Å². The molecule has 23 heavy (non-hydrogen) atoms. The van der Waals surface area contributed by atoms with E-state index in [0.717, 1.165) is 0 Å². The van der Waals surface area contributed by atoms with E-state index in [1.165, 1.54) is 13.3 Å². The molecule has 0 aliphatic rings. The number of benzene rings is 1. The number of ether oxygens (including phenoxy) is 1. The summed E-state index contributed by atoms with van der Waals surface area (Å²) in [6.07, 6.45) is 1.82. The van der Waals surface area contributed by atoms with E-state index in [0.29, 0.717) is 28.6 Å². The van der Waals surface area contributed by atoms with Crippen molar-refractivity contribution < 1.29 is 19.4 Å². The fourth-order valence-corrected chi connectivity index (χ4v) is 2.44. The molecule has 0 bridgehead atoms. The number of carboxylic acids is 1. The van der Waals surface area contributed by atoms with Gasteiger partial charge in [-0.3, -0.25) is 9.78 Å². The fourth-order valence-electron chi connectivity index (χ4n) is 2.44. The number of carbonyl (C=O) groups is 2. The van der Waals surface area contributed by atoms with Crippen molar-refractivity contribution in [3.63, 3.8) is 0 Å². The summed E-state index contributed by atoms with van der Waals surface area (Å²) in [7, 11) is 1.45. The van der Waals surface area contributed by atoms with Crippen LogP contribution in [-0.2, 0) is 4.79 Å². The van der Waals surface area contributed by atoms with Crippen molar-refractivity contribution >= 4 is 22.8 Å². The molecule has 0 fully saturated rings. The van der Waals surface area contributed by atoms with Crippen molar-refractivity contribution in [2.24, 2.45) is 5.92 Å². The summed E-state index contributed by atoms with van der Waals surface area (Å²) in [5, 5.41) is 12.5. The van der Waals surface area contributed by atoms with Gasteiger partial charge in [-0.15, -0.1) is 0 Å². The van der Waals surface area contributed by atoms with Crippen LogP contribution < -0.4 is 10.1 Å². The Morgan fingerprint density at radius 3 is 2.61 bits per heavy atom. The number of hydrogen-bond acceptors (Lipinski definition) is 4. The summed E-state index contributed by atoms with van der Waals surface area (Å²) < 4.78 is 5.23. The van der Waals surface area contributed by atoms with Crippen molar-refractivity contribution in [2.75, 3.05) is 7.11 Å². The van der Waals surface area contributed by atoms with Crippen LogP contribution in [0.15, 0.2) is 30.5 Å². The number of amides is 1. The number of para-hydroxylation sites is 1. The third-order valence-corrected chi connectivity index (χ3v) is 3.50. The van der Waals surface area contributed by atoms with Crippen LogP contribution >= 0.6 is 0 Å². The number of methoxy groups -OCH3 is 1. The van der Waals surface area contributed by atoms with E-state index in [2.05, 4.69) is 10.3 Å². The van der Waals surface area contributed by atoms with Gasteiger partial charge < -0.3 is 15.2 Å². The maximum atomic E-state index is 12.7. The summed E-state index contributed by atoms with van der Waals surface area (Å²) in [5.41, 5.74) is 0.947. The van der Waals surface area contributed by atoms with Gasteiger partial charge in [0.25, 0.3) is 5.91 Å². The van der Waals surface area contributed by atoms with Crippen molar-refractivity contribution in [2.45, 2.75) is 26.3 Å². The van der Waals surface area contributed by atoms with Gasteiger partial charge in [0.05, 0.1) is 24.4 Å². The minimum absolute atomic E-state index is 0.146. The van der Waals surface area contributed by atoms with Crippen LogP contribution in [0.5, 0.6) is 5.75 Å². The van der Waals surface area contributed by atoms with Crippen LogP contribution in [0.1, 0.15) is 30.6 Å². The fraction of sp³-hybridized carbons (Fsp3) is 0.353. The molecule has 0 aliphatic carbocycles. The van der Waals surface area contributed by atoms with Gasteiger partial charge in [-0.2, -0.15) is 0 Å². The van der Waals surface area contributed by atoms with Crippen LogP contribution in [0.25, 0.3) is 10.9 Å². The second-order valence-corrected chi connectivity index (χ2v) is 5.71. The average molecular weight is 316 g/mol. The van der Waals surface area contributed by atoms with Gasteiger partial charge in [-0.05, 0) is 18.4 Å². The summed E-state index contributed by atoms with van der Waals surface area (Å²) in [5.74, 6) is -1.07. The second-order valence-electron chi connectivity index (χ2n) is 5.71.